The minimum Gasteiger partial charge on any atom is -0.463 e. The van der Waals surface area contributed by atoms with E-state index < -0.39 is 12.0 Å². The number of nitrogens with zero attached hydrogens (tertiary/aromatic N) is 4. The van der Waals surface area contributed by atoms with Crippen molar-refractivity contribution >= 4 is 23.5 Å². The summed E-state index contributed by atoms with van der Waals surface area (Å²) in [6.07, 6.45) is 2.36. The first-order chi connectivity index (χ1) is 16.0. The number of amides is 1. The lowest BCUT2D eigenvalue weighted by Gasteiger charge is -2.35. The maximum atomic E-state index is 13.0. The van der Waals surface area contributed by atoms with E-state index in [0.29, 0.717) is 22.9 Å². The molecule has 2 heterocycles. The number of anilines is 2. The standard InChI is InChI=1S/C25H27N5O3/c1-4-18-11-13-20(14-12-18)28-21(31)15-29-17(3)22(24(32)33-5-2)23(19-9-7-6-8-10-19)30-25(29)26-16-27-30/h6-14,16,23H,4-5,15H2,1-3H3,(H,28,31)/t23-/m0/s1. The van der Waals surface area contributed by atoms with E-state index in [2.05, 4.69) is 22.3 Å². The molecule has 1 aromatic heterocycles. The van der Waals surface area contributed by atoms with E-state index in [-0.39, 0.29) is 19.1 Å². The summed E-state index contributed by atoms with van der Waals surface area (Å²) < 4.78 is 7.04. The number of carbonyl (C=O) groups is 2. The van der Waals surface area contributed by atoms with Gasteiger partial charge in [-0.05, 0) is 43.5 Å². The van der Waals surface area contributed by atoms with Crippen LogP contribution >= 0.6 is 0 Å². The van der Waals surface area contributed by atoms with E-state index in [1.807, 2.05) is 61.5 Å². The molecule has 1 atom stereocenters. The quantitative estimate of drug-likeness (QED) is 0.558. The highest BCUT2D eigenvalue weighted by molar-refractivity contribution is 5.96. The number of aryl methyl sites for hydroxylation is 1. The molecular formula is C25H27N5O3. The summed E-state index contributed by atoms with van der Waals surface area (Å²) in [6.45, 7) is 5.88. The molecule has 0 fully saturated rings. The molecular weight excluding hydrogens is 418 g/mol. The Balaban J connectivity index is 1.68. The number of hydrogen-bond donors (Lipinski definition) is 1. The molecule has 0 saturated carbocycles. The van der Waals surface area contributed by atoms with Crippen molar-refractivity contribution in [1.29, 1.82) is 0 Å². The second-order valence-electron chi connectivity index (χ2n) is 7.72. The van der Waals surface area contributed by atoms with Gasteiger partial charge in [0, 0.05) is 11.4 Å². The predicted molar refractivity (Wildman–Crippen MR) is 126 cm³/mol. The molecule has 1 amide bonds. The van der Waals surface area contributed by atoms with Crippen molar-refractivity contribution in [3.63, 3.8) is 0 Å². The summed E-state index contributed by atoms with van der Waals surface area (Å²) in [6, 6.07) is 16.9. The summed E-state index contributed by atoms with van der Waals surface area (Å²) in [5.41, 5.74) is 3.83. The average Bonchev–Trinajstić information content (AvgIpc) is 3.31. The molecule has 3 aromatic rings. The lowest BCUT2D eigenvalue weighted by Crippen LogP contribution is -2.40. The number of ether oxygens (including phenoxy) is 1. The zero-order chi connectivity index (χ0) is 23.4. The van der Waals surface area contributed by atoms with Crippen LogP contribution in [0.5, 0.6) is 0 Å². The Morgan fingerprint density at radius 2 is 1.79 bits per heavy atom. The number of allylic oxidation sites excluding steroid dienone is 1. The van der Waals surface area contributed by atoms with Gasteiger partial charge >= 0.3 is 5.97 Å². The Morgan fingerprint density at radius 1 is 1.06 bits per heavy atom. The Kier molecular flexibility index (Phi) is 6.53. The van der Waals surface area contributed by atoms with Gasteiger partial charge in [0.2, 0.25) is 11.9 Å². The number of benzene rings is 2. The second kappa shape index (κ2) is 9.68. The topological polar surface area (TPSA) is 89.3 Å². The molecule has 4 rings (SSSR count). The highest BCUT2D eigenvalue weighted by Gasteiger charge is 2.38. The largest absolute Gasteiger partial charge is 0.463 e. The highest BCUT2D eigenvalue weighted by atomic mass is 16.5. The summed E-state index contributed by atoms with van der Waals surface area (Å²) in [5.74, 6) is -0.175. The molecule has 0 saturated heterocycles. The SMILES string of the molecule is CCOC(=O)C1=C(C)N(CC(=O)Nc2ccc(CC)cc2)c2ncnn2[C@H]1c1ccccc1. The van der Waals surface area contributed by atoms with Gasteiger partial charge in [-0.25, -0.2) is 9.48 Å². The fraction of sp³-hybridized carbons (Fsp3) is 0.280. The third-order valence-electron chi connectivity index (χ3n) is 5.67. The van der Waals surface area contributed by atoms with E-state index >= 15 is 0 Å². The second-order valence-corrected chi connectivity index (χ2v) is 7.72. The minimum atomic E-state index is -0.497. The Hall–Kier alpha value is -3.94. The number of fused-ring (bicyclic) bond motifs is 1. The third-order valence-corrected chi connectivity index (χ3v) is 5.67. The van der Waals surface area contributed by atoms with Crippen LogP contribution in [0.25, 0.3) is 0 Å². The van der Waals surface area contributed by atoms with Crippen LogP contribution in [-0.2, 0) is 20.7 Å². The first-order valence-electron chi connectivity index (χ1n) is 11.0. The number of nitrogens with one attached hydrogen (secondary N) is 1. The van der Waals surface area contributed by atoms with Crippen LogP contribution in [0.3, 0.4) is 0 Å². The maximum Gasteiger partial charge on any atom is 0.338 e. The van der Waals surface area contributed by atoms with E-state index in [1.54, 1.807) is 16.5 Å². The molecule has 1 aliphatic rings. The van der Waals surface area contributed by atoms with Gasteiger partial charge < -0.3 is 15.0 Å². The van der Waals surface area contributed by atoms with Crippen LogP contribution in [-0.4, -0.2) is 39.8 Å². The smallest absolute Gasteiger partial charge is 0.338 e. The van der Waals surface area contributed by atoms with Gasteiger partial charge in [0.05, 0.1) is 12.2 Å². The average molecular weight is 446 g/mol. The van der Waals surface area contributed by atoms with Gasteiger partial charge in [-0.1, -0.05) is 49.4 Å². The zero-order valence-corrected chi connectivity index (χ0v) is 19.0. The van der Waals surface area contributed by atoms with Crippen molar-refractivity contribution < 1.29 is 14.3 Å². The first kappa shape index (κ1) is 22.3. The van der Waals surface area contributed by atoms with Crippen LogP contribution in [0.1, 0.15) is 37.9 Å². The van der Waals surface area contributed by atoms with E-state index in [1.165, 1.54) is 11.9 Å². The van der Waals surface area contributed by atoms with Gasteiger partial charge in [-0.15, -0.1) is 0 Å². The lowest BCUT2D eigenvalue weighted by molar-refractivity contribution is -0.139. The van der Waals surface area contributed by atoms with Crippen LogP contribution in [0.2, 0.25) is 0 Å². The van der Waals surface area contributed by atoms with Crippen molar-refractivity contribution in [1.82, 2.24) is 14.8 Å². The van der Waals surface area contributed by atoms with E-state index in [0.717, 1.165) is 12.0 Å². The van der Waals surface area contributed by atoms with Crippen molar-refractivity contribution in [3.8, 4) is 0 Å². The Bertz CT molecular complexity index is 1170. The molecule has 0 radical (unpaired) electrons. The maximum absolute atomic E-state index is 13.0. The van der Waals surface area contributed by atoms with E-state index in [9.17, 15) is 9.59 Å². The number of carbonyl (C=O) groups excluding carboxylic acids is 2. The van der Waals surface area contributed by atoms with Crippen molar-refractivity contribution in [2.45, 2.75) is 33.2 Å². The Morgan fingerprint density at radius 3 is 2.45 bits per heavy atom. The molecule has 8 nitrogen and oxygen atoms in total. The van der Waals surface area contributed by atoms with Gasteiger partial charge in [0.15, 0.2) is 0 Å². The lowest BCUT2D eigenvalue weighted by atomic mass is 9.95. The molecule has 0 unspecified atom stereocenters. The molecule has 8 heteroatoms. The number of esters is 1. The molecule has 0 bridgehead atoms. The normalized spacial score (nSPS) is 15.2. The molecule has 170 valence electrons. The van der Waals surface area contributed by atoms with Crippen LogP contribution < -0.4 is 10.2 Å². The number of aromatic nitrogens is 3. The predicted octanol–water partition coefficient (Wildman–Crippen LogP) is 3.73. The summed E-state index contributed by atoms with van der Waals surface area (Å²) in [4.78, 5) is 32.1. The van der Waals surface area contributed by atoms with Crippen molar-refractivity contribution in [3.05, 3.63) is 83.3 Å². The van der Waals surface area contributed by atoms with Crippen LogP contribution in [0, 0.1) is 0 Å². The van der Waals surface area contributed by atoms with Crippen molar-refractivity contribution in [2.75, 3.05) is 23.4 Å². The molecule has 0 aliphatic carbocycles. The number of hydrogen-bond acceptors (Lipinski definition) is 6. The van der Waals surface area contributed by atoms with Crippen LogP contribution in [0.15, 0.2) is 72.2 Å². The highest BCUT2D eigenvalue weighted by Crippen LogP contribution is 2.38. The fourth-order valence-corrected chi connectivity index (χ4v) is 4.00. The first-order valence-corrected chi connectivity index (χ1v) is 11.0. The summed E-state index contributed by atoms with van der Waals surface area (Å²) >= 11 is 0. The van der Waals surface area contributed by atoms with Gasteiger partial charge in [-0.3, -0.25) is 4.79 Å². The summed E-state index contributed by atoms with van der Waals surface area (Å²) in [5, 5.41) is 7.31. The van der Waals surface area contributed by atoms with Gasteiger partial charge in [-0.2, -0.15) is 10.1 Å². The molecule has 0 spiro atoms. The van der Waals surface area contributed by atoms with Gasteiger partial charge in [0.1, 0.15) is 18.9 Å². The molecule has 2 aromatic carbocycles. The molecule has 1 aliphatic heterocycles. The monoisotopic (exact) mass is 445 g/mol. The fourth-order valence-electron chi connectivity index (χ4n) is 4.00. The third kappa shape index (κ3) is 4.50. The summed E-state index contributed by atoms with van der Waals surface area (Å²) in [7, 11) is 0. The molecule has 1 N–H and O–H groups in total. The molecule has 33 heavy (non-hydrogen) atoms. The zero-order valence-electron chi connectivity index (χ0n) is 19.0. The minimum absolute atomic E-state index is 0.0233. The van der Waals surface area contributed by atoms with Crippen molar-refractivity contribution in [2.24, 2.45) is 0 Å². The number of rotatable bonds is 7. The van der Waals surface area contributed by atoms with Gasteiger partial charge in [0.25, 0.3) is 0 Å². The van der Waals surface area contributed by atoms with Crippen LogP contribution in [0.4, 0.5) is 11.6 Å². The van der Waals surface area contributed by atoms with E-state index in [4.69, 9.17) is 4.74 Å². The Labute approximate surface area is 192 Å².